The number of benzene rings is 6. The lowest BCUT2D eigenvalue weighted by Crippen LogP contribution is -2.28. The third-order valence-electron chi connectivity index (χ3n) is 11.4. The molecule has 6 aromatic carbocycles. The lowest BCUT2D eigenvalue weighted by atomic mass is 9.67. The van der Waals surface area contributed by atoms with Gasteiger partial charge in [-0.15, -0.1) is 0 Å². The fourth-order valence-corrected chi connectivity index (χ4v) is 8.82. The minimum absolute atomic E-state index is 0.0428. The van der Waals surface area contributed by atoms with Crippen LogP contribution in [0.15, 0.2) is 170 Å². The molecular weight excluding hydrogens is 657 g/mol. The highest BCUT2D eigenvalue weighted by Crippen LogP contribution is 2.57. The minimum atomic E-state index is 0.0428. The molecule has 8 aromatic rings. The molecule has 0 atom stereocenters. The van der Waals surface area contributed by atoms with Gasteiger partial charge in [0.15, 0.2) is 17.5 Å². The van der Waals surface area contributed by atoms with Gasteiger partial charge in [-0.1, -0.05) is 153 Å². The third kappa shape index (κ3) is 5.62. The summed E-state index contributed by atoms with van der Waals surface area (Å²) in [5.41, 5.74) is 15.5. The Labute approximate surface area is 316 Å². The molecule has 0 aliphatic heterocycles. The summed E-state index contributed by atoms with van der Waals surface area (Å²) in [6.45, 7) is 0. The van der Waals surface area contributed by atoms with Crippen LogP contribution >= 0.6 is 0 Å². The molecule has 0 amide bonds. The fourth-order valence-electron chi connectivity index (χ4n) is 8.82. The van der Waals surface area contributed by atoms with E-state index in [0.717, 1.165) is 44.5 Å². The lowest BCUT2D eigenvalue weighted by molar-refractivity contribution is 0.353. The SMILES string of the molecule is c1ccc(-c2cccc(-c3nc(-c4ccccc4)nc(-c4ccccc4-c4ccc5c(c4)-c4ccc(-c6cccnc6)cc4C54CCCCC4)n3)c2)cc1. The number of hydrogen-bond donors (Lipinski definition) is 0. The van der Waals surface area contributed by atoms with Crippen LogP contribution in [0, 0.1) is 0 Å². The second-order valence-electron chi connectivity index (χ2n) is 14.6. The van der Waals surface area contributed by atoms with Crippen molar-refractivity contribution in [3.8, 4) is 78.7 Å². The Hall–Kier alpha value is -6.52. The van der Waals surface area contributed by atoms with Crippen LogP contribution in [0.4, 0.5) is 0 Å². The molecule has 0 saturated heterocycles. The highest BCUT2D eigenvalue weighted by atomic mass is 15.0. The number of fused-ring (bicyclic) bond motifs is 5. The summed E-state index contributed by atoms with van der Waals surface area (Å²) in [5, 5.41) is 0. The largest absolute Gasteiger partial charge is 0.264 e. The second kappa shape index (κ2) is 13.5. The van der Waals surface area contributed by atoms with Gasteiger partial charge < -0.3 is 0 Å². The van der Waals surface area contributed by atoms with Crippen LogP contribution in [0.2, 0.25) is 0 Å². The zero-order chi connectivity index (χ0) is 35.9. The Morgan fingerprint density at radius 2 is 0.981 bits per heavy atom. The van der Waals surface area contributed by atoms with Crippen LogP contribution in [-0.2, 0) is 5.41 Å². The first-order valence-corrected chi connectivity index (χ1v) is 19.0. The van der Waals surface area contributed by atoms with E-state index in [2.05, 4.69) is 132 Å². The molecule has 10 rings (SSSR count). The van der Waals surface area contributed by atoms with Crippen molar-refractivity contribution in [2.75, 3.05) is 0 Å². The van der Waals surface area contributed by atoms with Gasteiger partial charge in [0.1, 0.15) is 0 Å². The Bertz CT molecular complexity index is 2630. The minimum Gasteiger partial charge on any atom is -0.264 e. The van der Waals surface area contributed by atoms with Crippen LogP contribution in [0.25, 0.3) is 78.7 Å². The summed E-state index contributed by atoms with van der Waals surface area (Å²) < 4.78 is 0. The highest BCUT2D eigenvalue weighted by Gasteiger charge is 2.44. The van der Waals surface area contributed by atoms with Crippen molar-refractivity contribution in [1.29, 1.82) is 0 Å². The summed E-state index contributed by atoms with van der Waals surface area (Å²) in [4.78, 5) is 19.8. The van der Waals surface area contributed by atoms with E-state index in [1.165, 1.54) is 59.9 Å². The number of aromatic nitrogens is 4. The normalized spacial score (nSPS) is 14.1. The van der Waals surface area contributed by atoms with E-state index >= 15 is 0 Å². The maximum Gasteiger partial charge on any atom is 0.164 e. The van der Waals surface area contributed by atoms with Crippen LogP contribution in [0.3, 0.4) is 0 Å². The van der Waals surface area contributed by atoms with Crippen LogP contribution in [-0.4, -0.2) is 19.9 Å². The fraction of sp³-hybridized carbons (Fsp3) is 0.120. The van der Waals surface area contributed by atoms with Gasteiger partial charge in [-0.25, -0.2) is 15.0 Å². The molecule has 54 heavy (non-hydrogen) atoms. The quantitative estimate of drug-likeness (QED) is 0.174. The molecule has 2 aliphatic carbocycles. The van der Waals surface area contributed by atoms with Gasteiger partial charge in [0.25, 0.3) is 0 Å². The van der Waals surface area contributed by atoms with Crippen molar-refractivity contribution in [3.05, 3.63) is 181 Å². The van der Waals surface area contributed by atoms with Crippen molar-refractivity contribution >= 4 is 0 Å². The van der Waals surface area contributed by atoms with Gasteiger partial charge in [-0.05, 0) is 92.7 Å². The first-order chi connectivity index (χ1) is 26.7. The van der Waals surface area contributed by atoms with E-state index in [9.17, 15) is 0 Å². The average molecular weight is 695 g/mol. The van der Waals surface area contributed by atoms with E-state index in [1.807, 2.05) is 42.7 Å². The predicted molar refractivity (Wildman–Crippen MR) is 220 cm³/mol. The van der Waals surface area contributed by atoms with E-state index in [4.69, 9.17) is 15.0 Å². The van der Waals surface area contributed by atoms with Crippen LogP contribution in [0.1, 0.15) is 43.2 Å². The monoisotopic (exact) mass is 694 g/mol. The van der Waals surface area contributed by atoms with E-state index in [0.29, 0.717) is 17.5 Å². The summed E-state index contributed by atoms with van der Waals surface area (Å²) in [6.07, 6.45) is 9.98. The molecule has 2 aliphatic rings. The Kier molecular flexibility index (Phi) is 8.02. The molecule has 1 saturated carbocycles. The van der Waals surface area contributed by atoms with Crippen LogP contribution < -0.4 is 0 Å². The first kappa shape index (κ1) is 32.2. The zero-order valence-corrected chi connectivity index (χ0v) is 30.0. The topological polar surface area (TPSA) is 51.6 Å². The van der Waals surface area contributed by atoms with Gasteiger partial charge in [0, 0.05) is 34.5 Å². The summed E-state index contributed by atoms with van der Waals surface area (Å²) in [6, 6.07) is 56.1. The van der Waals surface area contributed by atoms with Crippen LogP contribution in [0.5, 0.6) is 0 Å². The number of nitrogens with zero attached hydrogens (tertiary/aromatic N) is 4. The molecule has 0 unspecified atom stereocenters. The summed E-state index contributed by atoms with van der Waals surface area (Å²) >= 11 is 0. The molecule has 1 spiro atoms. The molecule has 258 valence electrons. The van der Waals surface area contributed by atoms with Gasteiger partial charge in [0.2, 0.25) is 0 Å². The van der Waals surface area contributed by atoms with Gasteiger partial charge in [0.05, 0.1) is 0 Å². The molecular formula is C50H38N4. The van der Waals surface area contributed by atoms with Crippen molar-refractivity contribution < 1.29 is 0 Å². The highest BCUT2D eigenvalue weighted by molar-refractivity contribution is 5.90. The predicted octanol–water partition coefficient (Wildman–Crippen LogP) is 12.5. The average Bonchev–Trinajstić information content (AvgIpc) is 3.51. The lowest BCUT2D eigenvalue weighted by Gasteiger charge is -2.36. The van der Waals surface area contributed by atoms with Crippen molar-refractivity contribution in [2.24, 2.45) is 0 Å². The second-order valence-corrected chi connectivity index (χ2v) is 14.6. The van der Waals surface area contributed by atoms with E-state index < -0.39 is 0 Å². The molecule has 0 radical (unpaired) electrons. The molecule has 1 fully saturated rings. The summed E-state index contributed by atoms with van der Waals surface area (Å²) in [7, 11) is 0. The molecule has 2 heterocycles. The van der Waals surface area contributed by atoms with Gasteiger partial charge in [-0.2, -0.15) is 0 Å². The number of pyridine rings is 1. The maximum absolute atomic E-state index is 5.21. The summed E-state index contributed by atoms with van der Waals surface area (Å²) in [5.74, 6) is 1.96. The van der Waals surface area contributed by atoms with Crippen molar-refractivity contribution in [3.63, 3.8) is 0 Å². The van der Waals surface area contributed by atoms with Gasteiger partial charge in [-0.3, -0.25) is 4.98 Å². The van der Waals surface area contributed by atoms with Crippen molar-refractivity contribution in [1.82, 2.24) is 19.9 Å². The number of rotatable bonds is 6. The smallest absolute Gasteiger partial charge is 0.164 e. The van der Waals surface area contributed by atoms with E-state index in [1.54, 1.807) is 0 Å². The molecule has 4 nitrogen and oxygen atoms in total. The molecule has 4 heteroatoms. The number of hydrogen-bond acceptors (Lipinski definition) is 4. The molecule has 0 bridgehead atoms. The van der Waals surface area contributed by atoms with E-state index in [-0.39, 0.29) is 5.41 Å². The standard InChI is InChI=1S/C50H38N4/c1-4-14-34(15-5-1)36-18-12-19-39(30-36)48-52-47(35-16-6-2-7-17-35)53-49(54-48)43-22-9-8-21-41(43)38-24-26-45-44(31-38)42-25-23-37(40-20-13-29-51-33-40)32-46(42)50(45)27-10-3-11-28-50/h1-2,4-9,12-26,29-33H,3,10-11,27-28H2. The third-order valence-corrected chi connectivity index (χ3v) is 11.4. The first-order valence-electron chi connectivity index (χ1n) is 19.0. The molecule has 0 N–H and O–H groups in total. The Morgan fingerprint density at radius 3 is 1.76 bits per heavy atom. The van der Waals surface area contributed by atoms with Crippen molar-refractivity contribution in [2.45, 2.75) is 37.5 Å². The Morgan fingerprint density at radius 1 is 0.352 bits per heavy atom. The molecule has 2 aromatic heterocycles. The Balaban J connectivity index is 1.11. The van der Waals surface area contributed by atoms with Gasteiger partial charge >= 0.3 is 0 Å². The zero-order valence-electron chi connectivity index (χ0n) is 30.0. The maximum atomic E-state index is 5.21.